The number of benzene rings is 1. The minimum absolute atomic E-state index is 0.0302. The number of nitrogens with one attached hydrogen (secondary N) is 1. The van der Waals surface area contributed by atoms with E-state index in [2.05, 4.69) is 20.4 Å². The fraction of sp³-hybridized carbons (Fsp3) is 0.240. The fourth-order valence-corrected chi connectivity index (χ4v) is 4.18. The molecule has 5 rings (SSSR count). The molecule has 0 aliphatic carbocycles. The van der Waals surface area contributed by atoms with Gasteiger partial charge >= 0.3 is 6.18 Å². The number of nitrogens with two attached hydrogens (primary N) is 1. The summed E-state index contributed by atoms with van der Waals surface area (Å²) in [5.41, 5.74) is -0.656. The van der Waals surface area contributed by atoms with Crippen molar-refractivity contribution in [2.45, 2.75) is 24.1 Å². The summed E-state index contributed by atoms with van der Waals surface area (Å²) in [5.74, 6) is -2.52. The molecule has 4 aromatic rings. The van der Waals surface area contributed by atoms with Crippen molar-refractivity contribution >= 4 is 17.5 Å². The van der Waals surface area contributed by atoms with E-state index in [0.29, 0.717) is 0 Å². The van der Waals surface area contributed by atoms with Crippen molar-refractivity contribution < 1.29 is 37.0 Å². The summed E-state index contributed by atoms with van der Waals surface area (Å²) in [6.07, 6.45) is -2.70. The number of amides is 2. The number of rotatable bonds is 6. The molecule has 0 unspecified atom stereocenters. The van der Waals surface area contributed by atoms with Crippen LogP contribution in [0, 0.1) is 5.82 Å². The number of fused-ring (bicyclic) bond motifs is 2. The Labute approximate surface area is 217 Å². The first-order valence-corrected chi connectivity index (χ1v) is 11.5. The zero-order chi connectivity index (χ0) is 28.2. The molecule has 10 nitrogen and oxygen atoms in total. The van der Waals surface area contributed by atoms with Gasteiger partial charge in [0.1, 0.15) is 35.0 Å². The van der Waals surface area contributed by atoms with E-state index in [4.69, 9.17) is 10.5 Å². The minimum atomic E-state index is -5.34. The number of carbonyl (C=O) groups excluding carboxylic acids is 2. The molecule has 4 heterocycles. The molecule has 1 aromatic carbocycles. The molecule has 3 aromatic heterocycles. The second-order valence-electron chi connectivity index (χ2n) is 9.22. The molecule has 1 aliphatic heterocycles. The Balaban J connectivity index is 1.59. The first kappa shape index (κ1) is 26.0. The van der Waals surface area contributed by atoms with Crippen LogP contribution in [0.4, 0.5) is 17.6 Å². The number of halogens is 4. The quantitative estimate of drug-likeness (QED) is 0.316. The van der Waals surface area contributed by atoms with Crippen LogP contribution >= 0.6 is 0 Å². The third-order valence-corrected chi connectivity index (χ3v) is 6.60. The predicted molar refractivity (Wildman–Crippen MR) is 127 cm³/mol. The average molecular weight is 544 g/mol. The van der Waals surface area contributed by atoms with Crippen molar-refractivity contribution in [1.29, 1.82) is 0 Å². The lowest BCUT2D eigenvalue weighted by molar-refractivity contribution is -0.265. The van der Waals surface area contributed by atoms with Crippen LogP contribution in [-0.2, 0) is 15.8 Å². The Hall–Kier alpha value is -4.59. The minimum Gasteiger partial charge on any atom is -0.489 e. The van der Waals surface area contributed by atoms with E-state index < -0.39 is 47.1 Å². The molecule has 202 valence electrons. The van der Waals surface area contributed by atoms with Crippen LogP contribution in [0.1, 0.15) is 28.7 Å². The van der Waals surface area contributed by atoms with E-state index in [0.717, 1.165) is 18.2 Å². The van der Waals surface area contributed by atoms with Crippen molar-refractivity contribution in [3.63, 3.8) is 0 Å². The Morgan fingerprint density at radius 1 is 1.21 bits per heavy atom. The Morgan fingerprint density at radius 2 is 1.92 bits per heavy atom. The van der Waals surface area contributed by atoms with Crippen molar-refractivity contribution in [1.82, 2.24) is 24.9 Å². The molecule has 2 amide bonds. The summed E-state index contributed by atoms with van der Waals surface area (Å²) in [6, 6.07) is 8.64. The summed E-state index contributed by atoms with van der Waals surface area (Å²) >= 11 is 0. The number of carbonyl (C=O) groups is 2. The van der Waals surface area contributed by atoms with Crippen LogP contribution in [0.3, 0.4) is 0 Å². The van der Waals surface area contributed by atoms with Crippen LogP contribution < -0.4 is 15.8 Å². The van der Waals surface area contributed by atoms with E-state index >= 15 is 0 Å². The van der Waals surface area contributed by atoms with Crippen molar-refractivity contribution in [2.24, 2.45) is 5.73 Å². The van der Waals surface area contributed by atoms with E-state index in [9.17, 15) is 32.3 Å². The number of pyridine rings is 1. The van der Waals surface area contributed by atoms with E-state index in [1.165, 1.54) is 36.0 Å². The first-order valence-electron chi connectivity index (χ1n) is 11.5. The molecular formula is C25H20F4N6O4. The lowest BCUT2D eigenvalue weighted by Crippen LogP contribution is -2.52. The molecule has 0 radical (unpaired) electrons. The van der Waals surface area contributed by atoms with Crippen LogP contribution in [0.5, 0.6) is 5.75 Å². The van der Waals surface area contributed by atoms with Crippen LogP contribution in [0.25, 0.3) is 16.9 Å². The number of nitrogens with zero attached hydrogens (tertiary/aromatic N) is 4. The smallest absolute Gasteiger partial charge is 0.424 e. The van der Waals surface area contributed by atoms with Crippen molar-refractivity contribution in [3.8, 4) is 17.0 Å². The second-order valence-corrected chi connectivity index (χ2v) is 9.22. The van der Waals surface area contributed by atoms with Crippen LogP contribution in [0.2, 0.25) is 0 Å². The molecule has 39 heavy (non-hydrogen) atoms. The largest absolute Gasteiger partial charge is 0.489 e. The summed E-state index contributed by atoms with van der Waals surface area (Å²) in [4.78, 5) is 33.0. The number of aliphatic hydroxyl groups is 1. The maximum absolute atomic E-state index is 14.5. The third-order valence-electron chi connectivity index (χ3n) is 6.60. The molecule has 1 aliphatic rings. The number of ether oxygens (including phenoxy) is 1. The van der Waals surface area contributed by atoms with Gasteiger partial charge < -0.3 is 20.9 Å². The zero-order valence-corrected chi connectivity index (χ0v) is 20.2. The molecule has 0 saturated heterocycles. The third kappa shape index (κ3) is 4.31. The molecule has 4 N–H and O–H groups in total. The molecule has 0 spiro atoms. The Bertz CT molecular complexity index is 1570. The van der Waals surface area contributed by atoms with Gasteiger partial charge in [-0.3, -0.25) is 9.59 Å². The number of hydrogen-bond acceptors (Lipinski definition) is 7. The summed E-state index contributed by atoms with van der Waals surface area (Å²) in [7, 11) is 0. The van der Waals surface area contributed by atoms with Crippen LogP contribution in [-0.4, -0.2) is 55.8 Å². The van der Waals surface area contributed by atoms with Crippen molar-refractivity contribution in [2.75, 3.05) is 13.2 Å². The van der Waals surface area contributed by atoms with E-state index in [1.807, 2.05) is 0 Å². The number of imidazole rings is 1. The zero-order valence-electron chi connectivity index (χ0n) is 20.2. The topological polar surface area (TPSA) is 145 Å². The molecule has 0 fully saturated rings. The molecule has 2 atom stereocenters. The van der Waals surface area contributed by atoms with Gasteiger partial charge in [0.05, 0.1) is 18.4 Å². The molecule has 14 heteroatoms. The highest BCUT2D eigenvalue weighted by Crippen LogP contribution is 2.47. The average Bonchev–Trinajstić information content (AvgIpc) is 3.49. The summed E-state index contributed by atoms with van der Waals surface area (Å²) in [6.45, 7) is -0.259. The van der Waals surface area contributed by atoms with Gasteiger partial charge in [0.2, 0.25) is 11.5 Å². The second kappa shape index (κ2) is 9.01. The van der Waals surface area contributed by atoms with Gasteiger partial charge in [0, 0.05) is 17.3 Å². The highest BCUT2D eigenvalue weighted by molar-refractivity contribution is 5.93. The highest BCUT2D eigenvalue weighted by atomic mass is 19.4. The normalized spacial score (nSPS) is 18.3. The summed E-state index contributed by atoms with van der Waals surface area (Å²) < 4.78 is 63.8. The predicted octanol–water partition coefficient (Wildman–Crippen LogP) is 2.25. The van der Waals surface area contributed by atoms with Crippen LogP contribution in [0.15, 0.2) is 54.9 Å². The highest BCUT2D eigenvalue weighted by Gasteiger charge is 2.57. The van der Waals surface area contributed by atoms with E-state index in [1.54, 1.807) is 12.1 Å². The number of primary amides is 1. The lowest BCUT2D eigenvalue weighted by atomic mass is 9.81. The van der Waals surface area contributed by atoms with Gasteiger partial charge in [-0.05, 0) is 49.4 Å². The van der Waals surface area contributed by atoms with Gasteiger partial charge in [-0.15, -0.1) is 0 Å². The summed E-state index contributed by atoms with van der Waals surface area (Å²) in [5, 5.41) is 17.1. The van der Waals surface area contributed by atoms with Crippen molar-refractivity contribution in [3.05, 3.63) is 77.6 Å². The Morgan fingerprint density at radius 3 is 2.56 bits per heavy atom. The van der Waals surface area contributed by atoms with Gasteiger partial charge in [0.25, 0.3) is 5.91 Å². The lowest BCUT2D eigenvalue weighted by Gasteiger charge is -2.31. The number of alkyl halides is 3. The standard InChI is InChI=1S/C25H20F4N6O4/c1-23(22(30)37)12-39-20-15(23)9-17(34-19(20)13-4-6-14(26)7-5-13)24(38,25(27,28)29)11-31-21(36)16-10-35-18(33-16)3-2-8-32-35/h2-10,38H,11-12H2,1H3,(H2,30,37)(H,31,36)/t23-,24-/m0/s1. The fourth-order valence-electron chi connectivity index (χ4n) is 4.18. The van der Waals surface area contributed by atoms with E-state index in [-0.39, 0.29) is 40.5 Å². The molecule has 0 saturated carbocycles. The maximum Gasteiger partial charge on any atom is 0.424 e. The molecular weight excluding hydrogens is 524 g/mol. The van der Waals surface area contributed by atoms with Gasteiger partial charge in [-0.1, -0.05) is 0 Å². The molecule has 0 bridgehead atoms. The SMILES string of the molecule is C[C@]1(C(N)=O)COc2c1cc([C@@](O)(CNC(=O)c1cn3ncccc3n1)C(F)(F)F)nc2-c1ccc(F)cc1. The maximum atomic E-state index is 14.5. The monoisotopic (exact) mass is 544 g/mol. The van der Waals surface area contributed by atoms with Gasteiger partial charge in [-0.25, -0.2) is 18.9 Å². The van der Waals surface area contributed by atoms with Gasteiger partial charge in [-0.2, -0.15) is 18.3 Å². The number of hydrogen-bond donors (Lipinski definition) is 3. The Kier molecular flexibility index (Phi) is 6.01. The van der Waals surface area contributed by atoms with Gasteiger partial charge in [0.15, 0.2) is 5.65 Å². The number of aromatic nitrogens is 4. The first-order chi connectivity index (χ1) is 18.3.